The van der Waals surface area contributed by atoms with E-state index in [1.807, 2.05) is 0 Å². The molecule has 1 atom stereocenters. The van der Waals surface area contributed by atoms with Crippen molar-refractivity contribution in [3.63, 3.8) is 0 Å². The Kier molecular flexibility index (Phi) is 11.7. The van der Waals surface area contributed by atoms with Crippen LogP contribution in [0.25, 0.3) is 11.4 Å². The maximum absolute atomic E-state index is 13.6. The van der Waals surface area contributed by atoms with Gasteiger partial charge in [0.15, 0.2) is 11.6 Å². The number of halogens is 9. The van der Waals surface area contributed by atoms with Crippen LogP contribution < -0.4 is 9.47 Å². The highest BCUT2D eigenvalue weighted by atomic mass is 19.4. The maximum atomic E-state index is 13.6. The molecule has 0 saturated heterocycles. The first-order chi connectivity index (χ1) is 20.9. The number of carbonyl (C=O) groups is 1. The van der Waals surface area contributed by atoms with Crippen LogP contribution in [0.15, 0.2) is 60.0 Å². The quantitative estimate of drug-likeness (QED) is 0.0669. The molecule has 0 N–H and O–H groups in total. The first-order valence-corrected chi connectivity index (χ1v) is 14.2. The van der Waals surface area contributed by atoms with Crippen molar-refractivity contribution in [3.05, 3.63) is 60.0 Å². The number of nitrogens with zero attached hydrogens (tertiary/aromatic N) is 2. The Morgan fingerprint density at radius 3 is 2.11 bits per heavy atom. The van der Waals surface area contributed by atoms with E-state index < -0.39 is 36.8 Å². The zero-order valence-electron chi connectivity index (χ0n) is 24.6. The number of alkyl halides is 9. The molecule has 1 heterocycles. The standard InChI is InChI=1S/C31H33F9N2O3/c1-20(2)6-5-7-21-8-10-23(11-9-21)27(43)45-24-14-12-22(13-15-24)26-41-18-25(19-42-26)44-17-4-3-16-28(32,33)29(34,35)30(36,37)31(38,39)40/h6,8,12-15,18-19,23H,3-5,7,9-11,16-17H2,1-2H3. The minimum Gasteiger partial charge on any atom is -0.490 e. The van der Waals surface area contributed by atoms with E-state index in [9.17, 15) is 44.3 Å². The number of carbonyl (C=O) groups excluding carboxylic acids is 1. The van der Waals surface area contributed by atoms with E-state index in [-0.39, 0.29) is 36.5 Å². The lowest BCUT2D eigenvalue weighted by Gasteiger charge is -2.33. The van der Waals surface area contributed by atoms with Crippen LogP contribution in [0.1, 0.15) is 65.2 Å². The summed E-state index contributed by atoms with van der Waals surface area (Å²) in [4.78, 5) is 20.8. The molecular weight excluding hydrogens is 619 g/mol. The fourth-order valence-corrected chi connectivity index (χ4v) is 4.49. The van der Waals surface area contributed by atoms with Gasteiger partial charge in [-0.2, -0.15) is 39.5 Å². The number of ether oxygens (including phenoxy) is 2. The monoisotopic (exact) mass is 652 g/mol. The second kappa shape index (κ2) is 14.7. The van der Waals surface area contributed by atoms with Crippen molar-refractivity contribution in [2.45, 2.75) is 89.2 Å². The third-order valence-electron chi connectivity index (χ3n) is 7.18. The molecule has 1 aliphatic rings. The molecule has 248 valence electrons. The number of esters is 1. The van der Waals surface area contributed by atoms with E-state index in [0.717, 1.165) is 25.7 Å². The molecule has 0 aliphatic heterocycles. The summed E-state index contributed by atoms with van der Waals surface area (Å²) in [6, 6.07) is 6.46. The van der Waals surface area contributed by atoms with Crippen molar-refractivity contribution in [1.82, 2.24) is 9.97 Å². The minimum atomic E-state index is -6.90. The van der Waals surface area contributed by atoms with Crippen molar-refractivity contribution in [2.75, 3.05) is 6.61 Å². The number of benzene rings is 1. The van der Waals surface area contributed by atoms with Gasteiger partial charge in [0.1, 0.15) is 5.75 Å². The predicted molar refractivity (Wildman–Crippen MR) is 147 cm³/mol. The summed E-state index contributed by atoms with van der Waals surface area (Å²) in [5.41, 5.74) is 3.20. The van der Waals surface area contributed by atoms with Gasteiger partial charge in [0, 0.05) is 12.0 Å². The van der Waals surface area contributed by atoms with Gasteiger partial charge in [-0.05, 0) is 83.1 Å². The smallest absolute Gasteiger partial charge is 0.460 e. The van der Waals surface area contributed by atoms with Crippen LogP contribution in [-0.2, 0) is 4.79 Å². The molecule has 0 fully saturated rings. The predicted octanol–water partition coefficient (Wildman–Crippen LogP) is 9.54. The Morgan fingerprint density at radius 2 is 1.56 bits per heavy atom. The fraction of sp³-hybridized carbons (Fsp3) is 0.516. The molecule has 5 nitrogen and oxygen atoms in total. The first-order valence-electron chi connectivity index (χ1n) is 14.2. The van der Waals surface area contributed by atoms with Gasteiger partial charge < -0.3 is 9.47 Å². The van der Waals surface area contributed by atoms with Crippen LogP contribution in [0.4, 0.5) is 39.5 Å². The van der Waals surface area contributed by atoms with Crippen LogP contribution in [-0.4, -0.2) is 46.5 Å². The summed E-state index contributed by atoms with van der Waals surface area (Å²) < 4.78 is 127. The largest absolute Gasteiger partial charge is 0.490 e. The summed E-state index contributed by atoms with van der Waals surface area (Å²) in [5, 5.41) is 0. The lowest BCUT2D eigenvalue weighted by Crippen LogP contribution is -2.60. The molecule has 14 heteroatoms. The average molecular weight is 653 g/mol. The van der Waals surface area contributed by atoms with E-state index >= 15 is 0 Å². The van der Waals surface area contributed by atoms with Crippen LogP contribution >= 0.6 is 0 Å². The molecule has 45 heavy (non-hydrogen) atoms. The van der Waals surface area contributed by atoms with Crippen molar-refractivity contribution in [2.24, 2.45) is 5.92 Å². The Bertz CT molecular complexity index is 1340. The Balaban J connectivity index is 1.44. The lowest BCUT2D eigenvalue weighted by molar-refractivity contribution is -0.396. The van der Waals surface area contributed by atoms with Gasteiger partial charge in [-0.25, -0.2) is 9.97 Å². The van der Waals surface area contributed by atoms with Crippen molar-refractivity contribution >= 4 is 5.97 Å². The molecule has 0 spiro atoms. The van der Waals surface area contributed by atoms with E-state index in [0.29, 0.717) is 17.7 Å². The third-order valence-corrected chi connectivity index (χ3v) is 7.18. The Morgan fingerprint density at radius 1 is 0.911 bits per heavy atom. The van der Waals surface area contributed by atoms with E-state index in [2.05, 4.69) is 36.0 Å². The zero-order chi connectivity index (χ0) is 33.5. The van der Waals surface area contributed by atoms with Crippen molar-refractivity contribution in [1.29, 1.82) is 0 Å². The summed E-state index contributed by atoms with van der Waals surface area (Å²) in [6.45, 7) is 3.78. The van der Waals surface area contributed by atoms with Gasteiger partial charge in [0.25, 0.3) is 0 Å². The highest BCUT2D eigenvalue weighted by molar-refractivity contribution is 5.75. The number of aromatic nitrogens is 2. The summed E-state index contributed by atoms with van der Waals surface area (Å²) in [6.07, 6.45) is 1.06. The summed E-state index contributed by atoms with van der Waals surface area (Å²) >= 11 is 0. The van der Waals surface area contributed by atoms with E-state index in [1.54, 1.807) is 24.3 Å². The van der Waals surface area contributed by atoms with Gasteiger partial charge in [0.2, 0.25) is 0 Å². The highest BCUT2D eigenvalue weighted by Crippen LogP contribution is 2.54. The maximum Gasteiger partial charge on any atom is 0.460 e. The second-order valence-electron chi connectivity index (χ2n) is 11.0. The van der Waals surface area contributed by atoms with Crippen molar-refractivity contribution in [3.8, 4) is 22.9 Å². The molecule has 0 saturated carbocycles. The first kappa shape index (κ1) is 35.9. The lowest BCUT2D eigenvalue weighted by atomic mass is 9.88. The Hall–Kier alpha value is -3.58. The third kappa shape index (κ3) is 9.23. The molecular formula is C31H33F9N2O3. The number of rotatable bonds is 14. The zero-order valence-corrected chi connectivity index (χ0v) is 24.6. The molecule has 1 aromatic heterocycles. The van der Waals surface area contributed by atoms with Gasteiger partial charge in [-0.15, -0.1) is 0 Å². The van der Waals surface area contributed by atoms with Gasteiger partial charge >= 0.3 is 29.9 Å². The molecule has 0 bridgehead atoms. The van der Waals surface area contributed by atoms with Crippen LogP contribution in [0.5, 0.6) is 11.5 Å². The second-order valence-corrected chi connectivity index (χ2v) is 11.0. The Labute approximate surface area is 254 Å². The molecule has 3 rings (SSSR count). The number of unbranched alkanes of at least 4 members (excludes halogenated alkanes) is 1. The summed E-state index contributed by atoms with van der Waals surface area (Å²) in [7, 11) is 0. The van der Waals surface area contributed by atoms with Gasteiger partial charge in [-0.1, -0.05) is 23.3 Å². The molecule has 1 unspecified atom stereocenters. The molecule has 1 aromatic carbocycles. The van der Waals surface area contributed by atoms with E-state index in [4.69, 9.17) is 9.47 Å². The number of hydrogen-bond donors (Lipinski definition) is 0. The molecule has 2 aromatic rings. The highest BCUT2D eigenvalue weighted by Gasteiger charge is 2.81. The fourth-order valence-electron chi connectivity index (χ4n) is 4.49. The number of hydrogen-bond acceptors (Lipinski definition) is 5. The SMILES string of the molecule is CC(C)=CCCC1=CCC(C(=O)Oc2ccc(-c3ncc(OCCCCC(F)(F)C(F)(F)C(F)(F)C(F)(F)F)cn3)cc2)CC1. The molecule has 1 aliphatic carbocycles. The van der Waals surface area contributed by atoms with Crippen LogP contribution in [0, 0.1) is 5.92 Å². The van der Waals surface area contributed by atoms with Gasteiger partial charge in [-0.3, -0.25) is 4.79 Å². The van der Waals surface area contributed by atoms with Crippen LogP contribution in [0.2, 0.25) is 0 Å². The normalized spacial score (nSPS) is 16.2. The van der Waals surface area contributed by atoms with Crippen molar-refractivity contribution < 1.29 is 53.8 Å². The number of allylic oxidation sites excluding steroid dienone is 4. The van der Waals surface area contributed by atoms with Crippen LogP contribution in [0.3, 0.4) is 0 Å². The minimum absolute atomic E-state index is 0.0756. The van der Waals surface area contributed by atoms with Gasteiger partial charge in [0.05, 0.1) is 24.9 Å². The molecule has 0 radical (unpaired) electrons. The topological polar surface area (TPSA) is 61.3 Å². The average Bonchev–Trinajstić information content (AvgIpc) is 2.97. The molecule has 0 amide bonds. The van der Waals surface area contributed by atoms with E-state index in [1.165, 1.54) is 23.5 Å². The summed E-state index contributed by atoms with van der Waals surface area (Å²) in [5.74, 6) is -18.9.